The minimum absolute atomic E-state index is 0.0187. The SMILES string of the molecule is COc1ccc(S(=O)(=O)Nc2ccc(Oc3ccc4cc(C(=N)N)ccc4c3)c(-c3ccccc3C(=O)O)c2)cc1F. The molecule has 9 nitrogen and oxygen atoms in total. The van der Waals surface area contributed by atoms with Crippen LogP contribution < -0.4 is 19.9 Å². The maximum atomic E-state index is 14.2. The van der Waals surface area contributed by atoms with Gasteiger partial charge >= 0.3 is 5.97 Å². The van der Waals surface area contributed by atoms with Crippen LogP contribution in [0.15, 0.2) is 102 Å². The minimum atomic E-state index is -4.22. The third-order valence-corrected chi connectivity index (χ3v) is 7.84. The van der Waals surface area contributed by atoms with Gasteiger partial charge in [-0.3, -0.25) is 10.1 Å². The van der Waals surface area contributed by atoms with Gasteiger partial charge in [-0.05, 0) is 77.0 Å². The molecule has 0 saturated heterocycles. The molecule has 0 spiro atoms. The molecule has 0 unspecified atom stereocenters. The molecule has 0 aliphatic carbocycles. The maximum Gasteiger partial charge on any atom is 0.336 e. The van der Waals surface area contributed by atoms with Crippen molar-refractivity contribution in [2.24, 2.45) is 5.73 Å². The van der Waals surface area contributed by atoms with E-state index in [0.717, 1.165) is 16.8 Å². The first kappa shape index (κ1) is 28.1. The zero-order chi connectivity index (χ0) is 30.0. The molecule has 0 aromatic heterocycles. The normalized spacial score (nSPS) is 11.2. The van der Waals surface area contributed by atoms with Crippen LogP contribution in [0.1, 0.15) is 15.9 Å². The van der Waals surface area contributed by atoms with Crippen LogP contribution >= 0.6 is 0 Å². The van der Waals surface area contributed by atoms with Gasteiger partial charge in [-0.1, -0.05) is 36.4 Å². The molecular formula is C31H24FN3O6S. The summed E-state index contributed by atoms with van der Waals surface area (Å²) in [5.41, 5.74) is 6.86. The van der Waals surface area contributed by atoms with Gasteiger partial charge in [0, 0.05) is 16.8 Å². The molecule has 11 heteroatoms. The largest absolute Gasteiger partial charge is 0.494 e. The second-order valence-electron chi connectivity index (χ2n) is 9.20. The van der Waals surface area contributed by atoms with Crippen molar-refractivity contribution in [2.75, 3.05) is 11.8 Å². The number of nitrogens with one attached hydrogen (secondary N) is 2. The summed E-state index contributed by atoms with van der Waals surface area (Å²) in [6.45, 7) is 0. The van der Waals surface area contributed by atoms with E-state index >= 15 is 0 Å². The van der Waals surface area contributed by atoms with E-state index in [1.54, 1.807) is 54.6 Å². The van der Waals surface area contributed by atoms with Crippen molar-refractivity contribution >= 4 is 38.3 Å². The monoisotopic (exact) mass is 585 g/mol. The summed E-state index contributed by atoms with van der Waals surface area (Å²) >= 11 is 0. The number of hydrogen-bond acceptors (Lipinski definition) is 6. The third kappa shape index (κ3) is 5.72. The van der Waals surface area contributed by atoms with E-state index in [1.165, 1.54) is 43.5 Å². The summed E-state index contributed by atoms with van der Waals surface area (Å²) in [5.74, 6) is -1.46. The van der Waals surface area contributed by atoms with Crippen LogP contribution in [0.5, 0.6) is 17.2 Å². The molecule has 5 rings (SSSR count). The Morgan fingerprint density at radius 3 is 2.31 bits per heavy atom. The number of anilines is 1. The van der Waals surface area contributed by atoms with Crippen molar-refractivity contribution in [2.45, 2.75) is 4.90 Å². The van der Waals surface area contributed by atoms with Crippen LogP contribution in [-0.2, 0) is 10.0 Å². The number of fused-ring (bicyclic) bond motifs is 1. The van der Waals surface area contributed by atoms with Gasteiger partial charge in [0.05, 0.1) is 17.6 Å². The van der Waals surface area contributed by atoms with E-state index < -0.39 is 21.8 Å². The molecule has 0 radical (unpaired) electrons. The first-order valence-corrected chi connectivity index (χ1v) is 13.9. The second kappa shape index (κ2) is 11.2. The van der Waals surface area contributed by atoms with Crippen LogP contribution in [0.25, 0.3) is 21.9 Å². The summed E-state index contributed by atoms with van der Waals surface area (Å²) < 4.78 is 53.9. The molecule has 0 saturated carbocycles. The second-order valence-corrected chi connectivity index (χ2v) is 10.9. The summed E-state index contributed by atoms with van der Waals surface area (Å²) in [7, 11) is -2.95. The molecule has 0 amide bonds. The molecule has 0 fully saturated rings. The van der Waals surface area contributed by atoms with Crippen molar-refractivity contribution in [1.82, 2.24) is 0 Å². The number of ether oxygens (including phenoxy) is 2. The van der Waals surface area contributed by atoms with Gasteiger partial charge < -0.3 is 20.3 Å². The van der Waals surface area contributed by atoms with Crippen LogP contribution in [0.4, 0.5) is 10.1 Å². The minimum Gasteiger partial charge on any atom is -0.494 e. The van der Waals surface area contributed by atoms with Gasteiger partial charge in [0.2, 0.25) is 0 Å². The smallest absolute Gasteiger partial charge is 0.336 e. The lowest BCUT2D eigenvalue weighted by Gasteiger charge is -2.16. The molecular weight excluding hydrogens is 561 g/mol. The highest BCUT2D eigenvalue weighted by atomic mass is 32.2. The fraction of sp³-hybridized carbons (Fsp3) is 0.0323. The van der Waals surface area contributed by atoms with Gasteiger partial charge in [0.15, 0.2) is 11.6 Å². The van der Waals surface area contributed by atoms with E-state index in [4.69, 9.17) is 20.6 Å². The zero-order valence-electron chi connectivity index (χ0n) is 22.1. The molecule has 0 bridgehead atoms. The number of amidine groups is 1. The highest BCUT2D eigenvalue weighted by Gasteiger charge is 2.20. The van der Waals surface area contributed by atoms with Crippen molar-refractivity contribution in [1.29, 1.82) is 5.41 Å². The lowest BCUT2D eigenvalue weighted by molar-refractivity contribution is 0.0697. The number of carboxylic acid groups (broad SMARTS) is 1. The Kier molecular flexibility index (Phi) is 7.51. The summed E-state index contributed by atoms with van der Waals surface area (Å²) in [6, 6.07) is 24.6. The topological polar surface area (TPSA) is 152 Å². The third-order valence-electron chi connectivity index (χ3n) is 6.46. The number of rotatable bonds is 9. The molecule has 0 heterocycles. The van der Waals surface area contributed by atoms with E-state index in [2.05, 4.69) is 4.72 Å². The Bertz CT molecular complexity index is 1980. The fourth-order valence-electron chi connectivity index (χ4n) is 4.41. The predicted molar refractivity (Wildman–Crippen MR) is 158 cm³/mol. The van der Waals surface area contributed by atoms with Crippen molar-refractivity contribution in [3.8, 4) is 28.4 Å². The number of methoxy groups -OCH3 is 1. The van der Waals surface area contributed by atoms with Gasteiger partial charge in [-0.2, -0.15) is 0 Å². The molecule has 42 heavy (non-hydrogen) atoms. The Labute approximate surface area is 240 Å². The molecule has 5 aromatic carbocycles. The van der Waals surface area contributed by atoms with E-state index in [9.17, 15) is 22.7 Å². The number of nitrogen functional groups attached to an aromatic ring is 1. The van der Waals surface area contributed by atoms with Gasteiger partial charge in [0.25, 0.3) is 10.0 Å². The number of carbonyl (C=O) groups is 1. The van der Waals surface area contributed by atoms with E-state index in [1.807, 2.05) is 0 Å². The molecule has 5 aromatic rings. The molecule has 212 valence electrons. The number of nitrogens with two attached hydrogens (primary N) is 1. The lowest BCUT2D eigenvalue weighted by Crippen LogP contribution is -2.13. The lowest BCUT2D eigenvalue weighted by atomic mass is 9.98. The summed E-state index contributed by atoms with van der Waals surface area (Å²) in [5, 5.41) is 19.1. The number of carboxylic acids is 1. The van der Waals surface area contributed by atoms with Gasteiger partial charge in [0.1, 0.15) is 17.3 Å². The first-order valence-electron chi connectivity index (χ1n) is 12.4. The van der Waals surface area contributed by atoms with Crippen molar-refractivity contribution in [3.63, 3.8) is 0 Å². The fourth-order valence-corrected chi connectivity index (χ4v) is 5.47. The van der Waals surface area contributed by atoms with Crippen LogP contribution in [0.2, 0.25) is 0 Å². The number of benzene rings is 5. The molecule has 0 aliphatic heterocycles. The van der Waals surface area contributed by atoms with E-state index in [-0.39, 0.29) is 33.5 Å². The van der Waals surface area contributed by atoms with Crippen LogP contribution in [-0.4, -0.2) is 32.4 Å². The van der Waals surface area contributed by atoms with Gasteiger partial charge in [-0.15, -0.1) is 0 Å². The summed E-state index contributed by atoms with van der Waals surface area (Å²) in [6.07, 6.45) is 0. The number of sulfonamides is 1. The summed E-state index contributed by atoms with van der Waals surface area (Å²) in [4.78, 5) is 11.7. The van der Waals surface area contributed by atoms with Crippen LogP contribution in [0, 0.1) is 11.2 Å². The Balaban J connectivity index is 1.56. The van der Waals surface area contributed by atoms with Gasteiger partial charge in [-0.25, -0.2) is 17.6 Å². The molecule has 0 atom stereocenters. The standard InChI is InChI=1S/C31H24FN3O6S/c1-40-29-13-11-23(17-27(29)32)42(38,39)35-21-9-12-28(26(16-21)24-4-2-3-5-25(24)31(36)37)41-22-10-8-18-14-20(30(33)34)7-6-19(18)15-22/h2-17,35H,1H3,(H3,33,34)(H,36,37). The average molecular weight is 586 g/mol. The predicted octanol–water partition coefficient (Wildman–Crippen LogP) is 6.23. The highest BCUT2D eigenvalue weighted by Crippen LogP contribution is 2.38. The quantitative estimate of drug-likeness (QED) is 0.118. The van der Waals surface area contributed by atoms with E-state index in [0.29, 0.717) is 22.4 Å². The molecule has 5 N–H and O–H groups in total. The molecule has 0 aliphatic rings. The first-order chi connectivity index (χ1) is 20.1. The zero-order valence-corrected chi connectivity index (χ0v) is 22.9. The number of halogens is 1. The number of hydrogen-bond donors (Lipinski definition) is 4. The Morgan fingerprint density at radius 1 is 0.881 bits per heavy atom. The van der Waals surface area contributed by atoms with Crippen molar-refractivity contribution in [3.05, 3.63) is 114 Å². The maximum absolute atomic E-state index is 14.2. The van der Waals surface area contributed by atoms with Crippen LogP contribution in [0.3, 0.4) is 0 Å². The Hall–Kier alpha value is -5.42. The number of aromatic carboxylic acids is 1. The highest BCUT2D eigenvalue weighted by molar-refractivity contribution is 7.92. The average Bonchev–Trinajstić information content (AvgIpc) is 2.97. The van der Waals surface area contributed by atoms with Crippen molar-refractivity contribution < 1.29 is 32.2 Å². The Morgan fingerprint density at radius 2 is 1.60 bits per heavy atom.